The minimum absolute atomic E-state index is 0.0230. The lowest BCUT2D eigenvalue weighted by molar-refractivity contribution is 0.221. The number of nitrogens with zero attached hydrogens (tertiary/aromatic N) is 4. The third-order valence-corrected chi connectivity index (χ3v) is 16.2. The molecular weight excluding hydrogens is 1070 g/mol. The van der Waals surface area contributed by atoms with Crippen LogP contribution in [0.5, 0.6) is 23.0 Å². The first-order chi connectivity index (χ1) is 32.9. The third kappa shape index (κ3) is 12.5. The summed E-state index contributed by atoms with van der Waals surface area (Å²) in [6, 6.07) is 9.61. The van der Waals surface area contributed by atoms with E-state index in [-0.39, 0.29) is 42.6 Å². The van der Waals surface area contributed by atoms with Gasteiger partial charge in [0.1, 0.15) is 53.2 Å². The van der Waals surface area contributed by atoms with Gasteiger partial charge in [0.05, 0.1) is 48.4 Å². The van der Waals surface area contributed by atoms with Gasteiger partial charge in [-0.15, -0.1) is 5.10 Å². The first kappa shape index (κ1) is 54.6. The van der Waals surface area contributed by atoms with E-state index in [2.05, 4.69) is 25.6 Å². The van der Waals surface area contributed by atoms with E-state index in [1.807, 2.05) is 0 Å². The van der Waals surface area contributed by atoms with Crippen molar-refractivity contribution in [2.24, 2.45) is 10.1 Å². The second-order valence-electron chi connectivity index (χ2n) is 14.9. The van der Waals surface area contributed by atoms with Gasteiger partial charge in [-0.1, -0.05) is 0 Å². The van der Waals surface area contributed by atoms with E-state index < -0.39 is 137 Å². The van der Waals surface area contributed by atoms with Crippen molar-refractivity contribution in [1.29, 1.82) is 0 Å². The SMILES string of the molecule is CCOC1=NN2NC(CCNS(=O)(=O)c3cc(NS(=O)(=O)c4cc(S(=O)(=O)O)ccc4OCC)c(S(=O)(=O)O)cc3Oc3ccc(OC)c(S(=O)(=O)O)c3)NC2C1=Nc1ccc(N(C)C)c(S(=O)(=O)O)c1. The number of hydrogen-bond acceptors (Lipinski definition) is 22. The minimum atomic E-state index is -5.58. The molecule has 0 bridgehead atoms. The van der Waals surface area contributed by atoms with Gasteiger partial charge in [-0.2, -0.15) is 39.1 Å². The molecule has 388 valence electrons. The van der Waals surface area contributed by atoms with Crippen LogP contribution in [0.15, 0.2) is 106 Å². The Morgan fingerprint density at radius 1 is 0.690 bits per heavy atom. The van der Waals surface area contributed by atoms with Crippen LogP contribution in [0, 0.1) is 0 Å². The molecule has 4 aromatic rings. The van der Waals surface area contributed by atoms with Gasteiger partial charge >= 0.3 is 0 Å². The first-order valence-corrected chi connectivity index (χ1v) is 28.8. The molecule has 0 aromatic heterocycles. The first-order valence-electron chi connectivity index (χ1n) is 20.0. The van der Waals surface area contributed by atoms with Crippen molar-refractivity contribution in [3.63, 3.8) is 0 Å². The summed E-state index contributed by atoms with van der Waals surface area (Å²) in [7, 11) is -26.5. The van der Waals surface area contributed by atoms with Crippen LogP contribution in [0.4, 0.5) is 17.1 Å². The van der Waals surface area contributed by atoms with E-state index in [1.165, 1.54) is 29.1 Å². The van der Waals surface area contributed by atoms with Crippen LogP contribution in [0.3, 0.4) is 0 Å². The highest BCUT2D eigenvalue weighted by molar-refractivity contribution is 7.93. The van der Waals surface area contributed by atoms with Crippen molar-refractivity contribution >= 4 is 89.2 Å². The molecule has 0 radical (unpaired) electrons. The number of hydrazine groups is 1. The number of aliphatic imine (C=N–C) groups is 1. The average molecular weight is 1110 g/mol. The van der Waals surface area contributed by atoms with Gasteiger partial charge in [-0.3, -0.25) is 28.2 Å². The highest BCUT2D eigenvalue weighted by atomic mass is 32.2. The molecule has 0 amide bonds. The van der Waals surface area contributed by atoms with Crippen molar-refractivity contribution in [1.82, 2.24) is 20.6 Å². The van der Waals surface area contributed by atoms with Crippen molar-refractivity contribution in [3.8, 4) is 23.0 Å². The molecule has 4 aromatic carbocycles. The Morgan fingerprint density at radius 3 is 1.92 bits per heavy atom. The van der Waals surface area contributed by atoms with E-state index >= 15 is 0 Å². The molecule has 0 aliphatic carbocycles. The maximum atomic E-state index is 14.3. The van der Waals surface area contributed by atoms with Crippen molar-refractivity contribution in [2.45, 2.75) is 62.0 Å². The van der Waals surface area contributed by atoms with Crippen LogP contribution < -0.4 is 39.3 Å². The second-order valence-corrected chi connectivity index (χ2v) is 23.9. The second kappa shape index (κ2) is 20.4. The Balaban J connectivity index is 1.37. The van der Waals surface area contributed by atoms with Gasteiger partial charge in [-0.25, -0.2) is 31.7 Å². The Bertz CT molecular complexity index is 3520. The molecule has 2 unspecified atom stereocenters. The summed E-state index contributed by atoms with van der Waals surface area (Å²) in [5.41, 5.74) is 2.20. The Labute approximate surface area is 407 Å². The Kier molecular flexibility index (Phi) is 15.7. The van der Waals surface area contributed by atoms with E-state index in [9.17, 15) is 68.7 Å². The molecule has 6 rings (SSSR count). The summed E-state index contributed by atoms with van der Waals surface area (Å²) >= 11 is 0. The standard InChI is InChI=1S/C37H44N8O20S6/c1-6-63-27-13-10-23(68(50,51)52)18-31(27)67(48,49)43-24-19-32(28(20-29(24)69(53,54)55)65-22-9-12-26(62-5)33(17-22)71(59,60)61)66(46,47)38-15-14-34-40-36-35(37(64-7-2)42-45(36)41-34)39-21-8-11-25(44(3)4)30(16-21)70(56,57)58/h8-13,16-20,34,36,38,40-41,43H,6-7,14-15H2,1-5H3,(H,50,51,52)(H,53,54,55)(H,56,57,58)(H,59,60,61). The van der Waals surface area contributed by atoms with Crippen LogP contribution in [-0.4, -0.2) is 139 Å². The zero-order valence-corrected chi connectivity index (χ0v) is 42.3. The zero-order chi connectivity index (χ0) is 52.6. The third-order valence-electron chi connectivity index (χ3n) is 9.83. The number of methoxy groups -OCH3 is 1. The number of sulfonamides is 2. The molecule has 0 saturated carbocycles. The fraction of sp³-hybridized carbons (Fsp3) is 0.297. The molecule has 1 fully saturated rings. The topological polar surface area (TPSA) is 402 Å². The Morgan fingerprint density at radius 2 is 1.32 bits per heavy atom. The van der Waals surface area contributed by atoms with Gasteiger partial charge in [-0.05, 0) is 74.9 Å². The van der Waals surface area contributed by atoms with Crippen molar-refractivity contribution < 1.29 is 87.7 Å². The van der Waals surface area contributed by atoms with E-state index in [0.717, 1.165) is 37.4 Å². The van der Waals surface area contributed by atoms with Gasteiger partial charge < -0.3 is 23.8 Å². The molecular formula is C37H44N8O20S6. The summed E-state index contributed by atoms with van der Waals surface area (Å²) in [6.45, 7) is 2.56. The quantitative estimate of drug-likeness (QED) is 0.0583. The zero-order valence-electron chi connectivity index (χ0n) is 37.4. The fourth-order valence-electron chi connectivity index (χ4n) is 6.79. The number of rotatable bonds is 20. The minimum Gasteiger partial charge on any atom is -0.495 e. The number of benzene rings is 4. The highest BCUT2D eigenvalue weighted by Gasteiger charge is 2.42. The number of nitrogens with one attached hydrogen (secondary N) is 4. The average Bonchev–Trinajstić information content (AvgIpc) is 3.79. The van der Waals surface area contributed by atoms with Crippen LogP contribution in [0.25, 0.3) is 0 Å². The smallest absolute Gasteiger partial charge is 0.298 e. The molecule has 0 spiro atoms. The highest BCUT2D eigenvalue weighted by Crippen LogP contribution is 2.40. The Hall–Kier alpha value is -5.76. The molecule has 8 N–H and O–H groups in total. The number of hydrazone groups is 1. The molecule has 28 nitrogen and oxygen atoms in total. The molecule has 2 aliphatic rings. The summed E-state index contributed by atoms with van der Waals surface area (Å²) < 4.78 is 220. The molecule has 71 heavy (non-hydrogen) atoms. The number of fused-ring (bicyclic) bond motifs is 1. The van der Waals surface area contributed by atoms with Crippen LogP contribution in [0.1, 0.15) is 20.3 Å². The van der Waals surface area contributed by atoms with E-state index in [4.69, 9.17) is 18.9 Å². The van der Waals surface area contributed by atoms with E-state index in [1.54, 1.807) is 25.7 Å². The lowest BCUT2D eigenvalue weighted by atomic mass is 10.2. The summed E-state index contributed by atoms with van der Waals surface area (Å²) in [5, 5.41) is 8.76. The maximum Gasteiger partial charge on any atom is 0.298 e. The van der Waals surface area contributed by atoms with Crippen LogP contribution in [0.2, 0.25) is 0 Å². The van der Waals surface area contributed by atoms with Gasteiger partial charge in [0.2, 0.25) is 10.0 Å². The predicted molar refractivity (Wildman–Crippen MR) is 250 cm³/mol. The summed E-state index contributed by atoms with van der Waals surface area (Å²) in [6.07, 6.45) is -1.86. The fourth-order valence-corrected chi connectivity index (χ4v) is 12.0. The molecule has 34 heteroatoms. The largest absolute Gasteiger partial charge is 0.495 e. The van der Waals surface area contributed by atoms with Crippen molar-refractivity contribution in [3.05, 3.63) is 66.7 Å². The number of hydrogen-bond donors (Lipinski definition) is 8. The molecule has 1 saturated heterocycles. The lowest BCUT2D eigenvalue weighted by Gasteiger charge is -2.19. The summed E-state index contributed by atoms with van der Waals surface area (Å²) in [4.78, 5) is 0.333. The predicted octanol–water partition coefficient (Wildman–Crippen LogP) is 1.61. The van der Waals surface area contributed by atoms with Gasteiger partial charge in [0.25, 0.3) is 56.4 Å². The summed E-state index contributed by atoms with van der Waals surface area (Å²) in [5.74, 6) is -2.44. The molecule has 2 atom stereocenters. The van der Waals surface area contributed by atoms with Crippen LogP contribution >= 0.6 is 0 Å². The molecule has 2 aliphatic heterocycles. The normalized spacial score (nSPS) is 17.2. The monoisotopic (exact) mass is 1110 g/mol. The van der Waals surface area contributed by atoms with Crippen LogP contribution in [-0.2, 0) is 65.3 Å². The van der Waals surface area contributed by atoms with Gasteiger partial charge in [0, 0.05) is 32.8 Å². The van der Waals surface area contributed by atoms with Gasteiger partial charge in [0.15, 0.2) is 6.17 Å². The lowest BCUT2D eigenvalue weighted by Crippen LogP contribution is -2.41. The number of anilines is 2. The number of ether oxygens (including phenoxy) is 4. The molecule has 2 heterocycles. The maximum absolute atomic E-state index is 14.3. The van der Waals surface area contributed by atoms with Crippen molar-refractivity contribution in [2.75, 3.05) is 50.6 Å². The van der Waals surface area contributed by atoms with E-state index in [0.29, 0.717) is 24.3 Å².